The van der Waals surface area contributed by atoms with E-state index in [1.54, 1.807) is 12.2 Å². The summed E-state index contributed by atoms with van der Waals surface area (Å²) in [6, 6.07) is 7.51. The van der Waals surface area contributed by atoms with E-state index in [1.807, 2.05) is 24.3 Å². The fourth-order valence-corrected chi connectivity index (χ4v) is 1.63. The van der Waals surface area contributed by atoms with Crippen LogP contribution < -0.4 is 11.5 Å². The molecular formula is C13H13BrN2O2. The zero-order valence-corrected chi connectivity index (χ0v) is 11.1. The van der Waals surface area contributed by atoms with Gasteiger partial charge in [-0.1, -0.05) is 40.2 Å². The van der Waals surface area contributed by atoms with Gasteiger partial charge in [-0.2, -0.15) is 0 Å². The minimum absolute atomic E-state index is 0.224. The summed E-state index contributed by atoms with van der Waals surface area (Å²) in [6.07, 6.45) is 5.76. The fraction of sp³-hybridized carbons (Fsp3) is 0.0769. The molecule has 4 N–H and O–H groups in total. The molecule has 0 unspecified atom stereocenters. The van der Waals surface area contributed by atoms with Gasteiger partial charge in [0.15, 0.2) is 0 Å². The van der Waals surface area contributed by atoms with E-state index < -0.39 is 11.8 Å². The van der Waals surface area contributed by atoms with Crippen molar-refractivity contribution in [3.05, 3.63) is 58.6 Å². The van der Waals surface area contributed by atoms with E-state index in [0.717, 1.165) is 10.0 Å². The van der Waals surface area contributed by atoms with Crippen LogP contribution in [0, 0.1) is 0 Å². The van der Waals surface area contributed by atoms with Crippen LogP contribution in [-0.4, -0.2) is 11.8 Å². The molecular weight excluding hydrogens is 296 g/mol. The lowest BCUT2D eigenvalue weighted by molar-refractivity contribution is -0.114. The maximum absolute atomic E-state index is 10.7. The van der Waals surface area contributed by atoms with Crippen molar-refractivity contribution >= 4 is 27.7 Å². The van der Waals surface area contributed by atoms with E-state index in [0.29, 0.717) is 0 Å². The van der Waals surface area contributed by atoms with Gasteiger partial charge in [0.25, 0.3) is 0 Å². The van der Waals surface area contributed by atoms with Crippen molar-refractivity contribution in [2.75, 3.05) is 0 Å². The van der Waals surface area contributed by atoms with Crippen LogP contribution in [0.1, 0.15) is 11.5 Å². The summed E-state index contributed by atoms with van der Waals surface area (Å²) in [5.41, 5.74) is 11.0. The number of primary amides is 2. The lowest BCUT2D eigenvalue weighted by Crippen LogP contribution is -2.08. The lowest BCUT2D eigenvalue weighted by atomic mass is 9.98. The van der Waals surface area contributed by atoms with Gasteiger partial charge in [-0.15, -0.1) is 0 Å². The molecule has 0 saturated heterocycles. The van der Waals surface area contributed by atoms with Crippen LogP contribution in [0.15, 0.2) is 53.0 Å². The minimum atomic E-state index is -0.537. The van der Waals surface area contributed by atoms with E-state index >= 15 is 0 Å². The number of halogens is 1. The van der Waals surface area contributed by atoms with Crippen LogP contribution in [0.3, 0.4) is 0 Å². The summed E-state index contributed by atoms with van der Waals surface area (Å²) in [5.74, 6) is -1.30. The highest BCUT2D eigenvalue weighted by Crippen LogP contribution is 2.21. The summed E-state index contributed by atoms with van der Waals surface area (Å²) in [6.45, 7) is 0. The highest BCUT2D eigenvalue weighted by atomic mass is 79.9. The van der Waals surface area contributed by atoms with Crippen molar-refractivity contribution in [3.8, 4) is 0 Å². The van der Waals surface area contributed by atoms with Crippen LogP contribution in [0.25, 0.3) is 0 Å². The van der Waals surface area contributed by atoms with E-state index in [9.17, 15) is 9.59 Å². The first kappa shape index (κ1) is 14.2. The Balaban J connectivity index is 2.99. The molecule has 0 saturated carbocycles. The predicted molar refractivity (Wildman–Crippen MR) is 73.6 cm³/mol. The van der Waals surface area contributed by atoms with Gasteiger partial charge in [-0.3, -0.25) is 9.59 Å². The summed E-state index contributed by atoms with van der Waals surface area (Å²) in [4.78, 5) is 21.5. The number of carbonyl (C=O) groups is 2. The fourth-order valence-electron chi connectivity index (χ4n) is 1.37. The van der Waals surface area contributed by atoms with Gasteiger partial charge in [0, 0.05) is 10.4 Å². The van der Waals surface area contributed by atoms with Crippen LogP contribution >= 0.6 is 15.9 Å². The van der Waals surface area contributed by atoms with Crippen molar-refractivity contribution in [1.29, 1.82) is 0 Å². The van der Waals surface area contributed by atoms with E-state index in [4.69, 9.17) is 11.5 Å². The van der Waals surface area contributed by atoms with E-state index in [1.165, 1.54) is 12.2 Å². The Hall–Kier alpha value is -1.88. The molecule has 94 valence electrons. The number of allylic oxidation sites excluding steroid dienone is 2. The molecule has 4 nitrogen and oxygen atoms in total. The van der Waals surface area contributed by atoms with Gasteiger partial charge in [0.1, 0.15) is 0 Å². The van der Waals surface area contributed by atoms with Crippen molar-refractivity contribution in [2.24, 2.45) is 11.5 Å². The predicted octanol–water partition coefficient (Wildman–Crippen LogP) is 1.62. The molecule has 1 rings (SSSR count). The first-order chi connectivity index (χ1) is 8.49. The van der Waals surface area contributed by atoms with Gasteiger partial charge in [-0.25, -0.2) is 0 Å². The SMILES string of the molecule is NC(=O)/C=C/C(/C=C/C(N)=O)c1ccc(Br)cc1. The van der Waals surface area contributed by atoms with Crippen molar-refractivity contribution in [2.45, 2.75) is 5.92 Å². The topological polar surface area (TPSA) is 86.2 Å². The molecule has 0 aliphatic rings. The quantitative estimate of drug-likeness (QED) is 0.810. The first-order valence-electron chi connectivity index (χ1n) is 5.20. The monoisotopic (exact) mass is 308 g/mol. The van der Waals surface area contributed by atoms with Crippen molar-refractivity contribution in [1.82, 2.24) is 0 Å². The first-order valence-corrected chi connectivity index (χ1v) is 5.99. The molecule has 0 heterocycles. The smallest absolute Gasteiger partial charge is 0.241 e. The molecule has 0 atom stereocenters. The molecule has 0 aromatic heterocycles. The lowest BCUT2D eigenvalue weighted by Gasteiger charge is -2.08. The maximum atomic E-state index is 10.7. The number of carbonyl (C=O) groups excluding carboxylic acids is 2. The molecule has 0 spiro atoms. The van der Waals surface area contributed by atoms with Crippen LogP contribution in [0.5, 0.6) is 0 Å². The van der Waals surface area contributed by atoms with Gasteiger partial charge >= 0.3 is 0 Å². The van der Waals surface area contributed by atoms with Crippen molar-refractivity contribution < 1.29 is 9.59 Å². The summed E-state index contributed by atoms with van der Waals surface area (Å²) in [7, 11) is 0. The highest BCUT2D eigenvalue weighted by molar-refractivity contribution is 9.10. The van der Waals surface area contributed by atoms with Gasteiger partial charge in [0.05, 0.1) is 0 Å². The second-order valence-electron chi connectivity index (χ2n) is 3.60. The third-order valence-electron chi connectivity index (χ3n) is 2.19. The molecule has 18 heavy (non-hydrogen) atoms. The molecule has 0 radical (unpaired) electrons. The minimum Gasteiger partial charge on any atom is -0.366 e. The van der Waals surface area contributed by atoms with Gasteiger partial charge < -0.3 is 11.5 Å². The van der Waals surface area contributed by atoms with E-state index in [2.05, 4.69) is 15.9 Å². The maximum Gasteiger partial charge on any atom is 0.241 e. The van der Waals surface area contributed by atoms with Crippen LogP contribution in [-0.2, 0) is 9.59 Å². The third-order valence-corrected chi connectivity index (χ3v) is 2.72. The highest BCUT2D eigenvalue weighted by Gasteiger charge is 2.05. The number of benzene rings is 1. The molecule has 5 heteroatoms. The average Bonchev–Trinajstić information content (AvgIpc) is 2.30. The summed E-state index contributed by atoms with van der Waals surface area (Å²) >= 11 is 3.33. The Morgan fingerprint density at radius 2 is 1.44 bits per heavy atom. The number of nitrogens with two attached hydrogens (primary N) is 2. The second-order valence-corrected chi connectivity index (χ2v) is 4.52. The van der Waals surface area contributed by atoms with Crippen LogP contribution in [0.2, 0.25) is 0 Å². The zero-order valence-electron chi connectivity index (χ0n) is 9.55. The number of hydrogen-bond acceptors (Lipinski definition) is 2. The number of amides is 2. The van der Waals surface area contributed by atoms with Gasteiger partial charge in [-0.05, 0) is 29.8 Å². The number of hydrogen-bond donors (Lipinski definition) is 2. The Morgan fingerprint density at radius 3 is 1.83 bits per heavy atom. The summed E-state index contributed by atoms with van der Waals surface area (Å²) < 4.78 is 0.947. The average molecular weight is 309 g/mol. The summed E-state index contributed by atoms with van der Waals surface area (Å²) in [5, 5.41) is 0. The molecule has 0 aliphatic heterocycles. The normalized spacial score (nSPS) is 11.4. The Kier molecular flexibility index (Phi) is 5.32. The molecule has 0 bridgehead atoms. The van der Waals surface area contributed by atoms with E-state index in [-0.39, 0.29) is 5.92 Å². The van der Waals surface area contributed by atoms with Crippen molar-refractivity contribution in [3.63, 3.8) is 0 Å². The molecule has 1 aromatic rings. The number of rotatable bonds is 5. The van der Waals surface area contributed by atoms with Crippen LogP contribution in [0.4, 0.5) is 0 Å². The second kappa shape index (κ2) is 6.76. The molecule has 1 aromatic carbocycles. The Labute approximate surface area is 113 Å². The zero-order chi connectivity index (χ0) is 13.5. The Morgan fingerprint density at radius 1 is 1.00 bits per heavy atom. The largest absolute Gasteiger partial charge is 0.366 e. The standard InChI is InChI=1S/C13H13BrN2O2/c14-11-5-1-9(2-6-11)10(3-7-12(15)17)4-8-13(16)18/h1-8,10H,(H2,15,17)(H2,16,18)/b7-3+,8-4+. The molecule has 2 amide bonds. The molecule has 0 aliphatic carbocycles. The molecule has 0 fully saturated rings. The Bertz CT molecular complexity index is 468. The third kappa shape index (κ3) is 4.97. The van der Waals surface area contributed by atoms with Gasteiger partial charge in [0.2, 0.25) is 11.8 Å².